The van der Waals surface area contributed by atoms with Gasteiger partial charge in [0, 0.05) is 6.42 Å². The van der Waals surface area contributed by atoms with Crippen molar-refractivity contribution in [2.45, 2.75) is 272 Å². The van der Waals surface area contributed by atoms with Gasteiger partial charge in [0.05, 0.1) is 26.2 Å². The maximum atomic E-state index is 14.1. The monoisotopic (exact) mass is 1350 g/mol. The zero-order valence-corrected chi connectivity index (χ0v) is 58.3. The molecule has 0 aliphatic carbocycles. The van der Waals surface area contributed by atoms with E-state index < -0.39 is 193 Å². The lowest BCUT2D eigenvalue weighted by molar-refractivity contribution is -0.143. The van der Waals surface area contributed by atoms with Crippen molar-refractivity contribution >= 4 is 82.8 Å². The molecule has 0 unspecified atom stereocenters. The second-order valence-corrected chi connectivity index (χ2v) is 25.0. The molecule has 0 radical (unpaired) electrons. The number of nitrogens with one attached hydrogen (secondary N) is 13. The van der Waals surface area contributed by atoms with Crippen LogP contribution in [0.3, 0.4) is 0 Å². The van der Waals surface area contributed by atoms with Crippen molar-refractivity contribution in [2.24, 2.45) is 23.5 Å². The minimum Gasteiger partial charge on any atom is -0.481 e. The van der Waals surface area contributed by atoms with Gasteiger partial charge < -0.3 is 84.6 Å². The Kier molecular flexibility index (Phi) is 46.0. The smallest absolute Gasteiger partial charge is 0.326 e. The third-order valence-corrected chi connectivity index (χ3v) is 15.7. The minimum atomic E-state index is -1.57. The Morgan fingerprint density at radius 3 is 1.21 bits per heavy atom. The van der Waals surface area contributed by atoms with E-state index in [9.17, 15) is 77.3 Å². The van der Waals surface area contributed by atoms with Crippen LogP contribution in [0.25, 0.3) is 0 Å². The van der Waals surface area contributed by atoms with Crippen LogP contribution in [0.1, 0.15) is 212 Å². The van der Waals surface area contributed by atoms with Crippen LogP contribution in [-0.4, -0.2) is 186 Å². The number of amides is 12. The predicted octanol–water partition coefficient (Wildman–Crippen LogP) is 0.605. The summed E-state index contributed by atoms with van der Waals surface area (Å²) in [7, 11) is 0. The molecule has 0 saturated heterocycles. The topological polar surface area (TPSA) is 471 Å². The molecule has 0 bridgehead atoms. The highest BCUT2D eigenvalue weighted by Crippen LogP contribution is 2.15. The number of aliphatic carboxylic acids is 2. The van der Waals surface area contributed by atoms with Crippen LogP contribution in [0.2, 0.25) is 0 Å². The van der Waals surface area contributed by atoms with Crippen LogP contribution in [0.15, 0.2) is 0 Å². The Bertz CT molecular complexity index is 2440. The van der Waals surface area contributed by atoms with Crippen molar-refractivity contribution < 1.29 is 82.2 Å². The first-order valence-corrected chi connectivity index (χ1v) is 33.9. The molecular weight excluding hydrogens is 1240 g/mol. The summed E-state index contributed by atoms with van der Waals surface area (Å²) >= 11 is 0. The van der Waals surface area contributed by atoms with E-state index in [1.807, 2.05) is 0 Å². The molecule has 12 amide bonds. The van der Waals surface area contributed by atoms with Crippen LogP contribution in [0.5, 0.6) is 0 Å². The maximum absolute atomic E-state index is 14.1. The van der Waals surface area contributed by atoms with Crippen molar-refractivity contribution in [3.8, 4) is 0 Å². The quantitative estimate of drug-likeness (QED) is 0.0293. The fourth-order valence-corrected chi connectivity index (χ4v) is 9.33. The van der Waals surface area contributed by atoms with E-state index in [2.05, 4.69) is 76.2 Å². The molecule has 31 nitrogen and oxygen atoms in total. The third-order valence-electron chi connectivity index (χ3n) is 15.7. The average Bonchev–Trinajstić information content (AvgIpc) is 0.959. The molecular formula is C64H116N14O17. The van der Waals surface area contributed by atoms with Gasteiger partial charge in [0.25, 0.3) is 0 Å². The number of hydrogen-bond donors (Lipinski definition) is 16. The maximum Gasteiger partial charge on any atom is 0.326 e. The molecule has 0 aromatic heterocycles. The van der Waals surface area contributed by atoms with E-state index >= 15 is 0 Å². The molecule has 0 aliphatic heterocycles. The largest absolute Gasteiger partial charge is 0.481 e. The molecule has 0 rings (SSSR count). The van der Waals surface area contributed by atoms with E-state index in [4.69, 9.17) is 10.6 Å². The summed E-state index contributed by atoms with van der Waals surface area (Å²) in [5.41, 5.74) is 8.40. The highest BCUT2D eigenvalue weighted by molar-refractivity contribution is 5.98. The minimum absolute atomic E-state index is 0.0289. The molecule has 0 fully saturated rings. The lowest BCUT2D eigenvalue weighted by atomic mass is 9.96. The molecule has 95 heavy (non-hydrogen) atoms. The Morgan fingerprint density at radius 2 is 0.758 bits per heavy atom. The highest BCUT2D eigenvalue weighted by Gasteiger charge is 2.36. The summed E-state index contributed by atoms with van der Waals surface area (Å²) in [5, 5.41) is 48.2. The van der Waals surface area contributed by atoms with Crippen molar-refractivity contribution in [2.75, 3.05) is 32.8 Å². The number of unbranched alkanes of at least 4 members (excludes halogenated alkanes) is 14. The number of nitrogens with two attached hydrogens (primary N) is 1. The van der Waals surface area contributed by atoms with Gasteiger partial charge >= 0.3 is 11.9 Å². The van der Waals surface area contributed by atoms with Gasteiger partial charge in [0.2, 0.25) is 70.9 Å². The van der Waals surface area contributed by atoms with E-state index in [-0.39, 0.29) is 13.0 Å². The molecule has 0 saturated carbocycles. The molecule has 17 N–H and O–H groups in total. The average molecular weight is 1350 g/mol. The van der Waals surface area contributed by atoms with Gasteiger partial charge in [-0.05, 0) is 91.0 Å². The van der Waals surface area contributed by atoms with Gasteiger partial charge in [-0.2, -0.15) is 5.48 Å². The lowest BCUT2D eigenvalue weighted by Gasteiger charge is -2.30. The van der Waals surface area contributed by atoms with Crippen LogP contribution in [0.4, 0.5) is 0 Å². The normalized spacial score (nSPS) is 14.6. The summed E-state index contributed by atoms with van der Waals surface area (Å²) in [4.78, 5) is 187. The number of hydroxylamine groups is 1. The summed E-state index contributed by atoms with van der Waals surface area (Å²) in [6.07, 6.45) is 17.3. The van der Waals surface area contributed by atoms with Gasteiger partial charge in [-0.1, -0.05) is 138 Å². The lowest BCUT2D eigenvalue weighted by Crippen LogP contribution is -2.61. The van der Waals surface area contributed by atoms with E-state index in [0.29, 0.717) is 25.9 Å². The molecule has 0 spiro atoms. The molecule has 0 aromatic carbocycles. The molecule has 11 atom stereocenters. The summed E-state index contributed by atoms with van der Waals surface area (Å²) in [6, 6.07) is -12.1. The van der Waals surface area contributed by atoms with Gasteiger partial charge in [-0.3, -0.25) is 62.3 Å². The van der Waals surface area contributed by atoms with Crippen LogP contribution < -0.4 is 75.0 Å². The van der Waals surface area contributed by atoms with Crippen LogP contribution in [-0.2, 0) is 72.0 Å². The first-order valence-electron chi connectivity index (χ1n) is 33.9. The summed E-state index contributed by atoms with van der Waals surface area (Å²) in [6.45, 7) is 17.6. The summed E-state index contributed by atoms with van der Waals surface area (Å²) in [5.74, 6) is -13.9. The van der Waals surface area contributed by atoms with E-state index in [1.54, 1.807) is 48.5 Å². The van der Waals surface area contributed by atoms with Gasteiger partial charge in [-0.25, -0.2) is 4.79 Å². The highest BCUT2D eigenvalue weighted by atomic mass is 16.6. The number of carbonyl (C=O) groups excluding carboxylic acids is 12. The van der Waals surface area contributed by atoms with Crippen LogP contribution in [0, 0.1) is 17.8 Å². The molecule has 0 aliphatic rings. The van der Waals surface area contributed by atoms with E-state index in [1.165, 1.54) is 98.3 Å². The third kappa shape index (κ3) is 39.2. The number of rotatable bonds is 53. The fraction of sp³-hybridized carbons (Fsp3) is 0.781. The molecule has 31 heteroatoms. The predicted molar refractivity (Wildman–Crippen MR) is 355 cm³/mol. The van der Waals surface area contributed by atoms with Gasteiger partial charge in [-0.15, -0.1) is 0 Å². The van der Waals surface area contributed by atoms with Crippen molar-refractivity contribution in [3.05, 3.63) is 0 Å². The SMILES string of the molecule is CCCCCCCCCCCCCCCCON[C@@H](C)C(=O)N[C@@H](C)C(=O)N[C@@H](C)C(=O)N[C@@H](C)C(=O)NCC(=O)NCC(=O)NCC(=O)N[C@@H](CCC(=O)O)C(=O)N[C@H](C(=O)N[C@@H](CCCCN)C(=O)N[C@H](C(=O)N[C@@H](C)C(=O)N[C@H](C(=O)O)C(C)C)C(C)C)[C@@H](C)CC. The Balaban J connectivity index is 5.28. The first kappa shape index (κ1) is 87.5. The zero-order chi connectivity index (χ0) is 72.2. The summed E-state index contributed by atoms with van der Waals surface area (Å²) < 4.78 is 0. The van der Waals surface area contributed by atoms with Crippen molar-refractivity contribution in [1.82, 2.24) is 69.3 Å². The first-order chi connectivity index (χ1) is 44.8. The van der Waals surface area contributed by atoms with Crippen molar-refractivity contribution in [1.29, 1.82) is 0 Å². The standard InChI is InChI=1S/C64H116N14O17/c1-13-15-16-17-18-19-20-21-22-23-24-25-26-29-34-95-78-45(12)59(88)71-43(10)57(86)70-42(9)56(85)69-41(8)55(84)68-36-49(80)66-35-48(79)67-37-50(81)73-47(31-32-51(82)83)61(90)77-54(40(7)14-2)63(92)74-46(30-27-28-33-65)60(89)75-52(38(3)4)62(91)72-44(11)58(87)76-53(39(5)6)64(93)94/h38-47,52-54,78H,13-37,65H2,1-12H3,(H,66,80)(H,67,79)(H,68,84)(H,69,85)(H,70,86)(H,71,88)(H,72,91)(H,73,81)(H,74,92)(H,75,89)(H,76,87)(H,77,90)(H,82,83)(H,93,94)/t40-,41-,42-,43-,44-,45-,46-,47-,52-,53-,54-/m0/s1. The second kappa shape index (κ2) is 49.9. The Labute approximate surface area is 560 Å². The molecule has 0 aromatic rings. The zero-order valence-electron chi connectivity index (χ0n) is 58.3. The number of carbonyl (C=O) groups is 14. The fourth-order valence-electron chi connectivity index (χ4n) is 9.33. The second-order valence-electron chi connectivity index (χ2n) is 25.0. The number of hydrogen-bond acceptors (Lipinski definition) is 17. The van der Waals surface area contributed by atoms with Gasteiger partial charge in [0.15, 0.2) is 0 Å². The Hall–Kier alpha value is -7.54. The molecule has 544 valence electrons. The van der Waals surface area contributed by atoms with Crippen molar-refractivity contribution in [3.63, 3.8) is 0 Å². The van der Waals surface area contributed by atoms with E-state index in [0.717, 1.165) is 19.3 Å². The Morgan fingerprint density at radius 1 is 0.368 bits per heavy atom. The number of carboxylic acids is 2. The van der Waals surface area contributed by atoms with Crippen LogP contribution >= 0.6 is 0 Å². The molecule has 0 heterocycles. The number of carboxylic acid groups (broad SMARTS) is 2. The van der Waals surface area contributed by atoms with Gasteiger partial charge in [0.1, 0.15) is 60.4 Å².